The van der Waals surface area contributed by atoms with Gasteiger partial charge in [0.15, 0.2) is 0 Å². The minimum Gasteiger partial charge on any atom is -0.441 e. The van der Waals surface area contributed by atoms with Gasteiger partial charge in [0, 0.05) is 0 Å². The van der Waals surface area contributed by atoms with Crippen molar-refractivity contribution in [1.82, 2.24) is 0 Å². The van der Waals surface area contributed by atoms with Gasteiger partial charge in [-0.1, -0.05) is 26.0 Å². The fraction of sp³-hybridized carbons (Fsp3) is 0.571. The number of hydrogen-bond donors (Lipinski definition) is 1. The van der Waals surface area contributed by atoms with Crippen molar-refractivity contribution in [2.75, 3.05) is 6.61 Å². The lowest BCUT2D eigenvalue weighted by Gasteiger charge is -2.16. The molecule has 1 N–H and O–H groups in total. The Morgan fingerprint density at radius 2 is 2.00 bits per heavy atom. The summed E-state index contributed by atoms with van der Waals surface area (Å²) in [5.74, 6) is 1.21. The fourth-order valence-corrected chi connectivity index (χ4v) is 1.63. The van der Waals surface area contributed by atoms with Gasteiger partial charge in [-0.25, -0.2) is 0 Å². The lowest BCUT2D eigenvalue weighted by molar-refractivity contribution is -0.213. The average molecular weight is 238 g/mol. The molecule has 3 nitrogen and oxygen atoms in total. The standard InChI is InChI=1S/C14H22O3/c1-5-10(3)12-7-8-13(11(4)9-12)17-14(15)16-6-2/h7-10,14-15H,5-6H2,1-4H3. The second kappa shape index (κ2) is 6.62. The minimum atomic E-state index is -1.19. The predicted molar refractivity (Wildman–Crippen MR) is 68.1 cm³/mol. The highest BCUT2D eigenvalue weighted by Gasteiger charge is 2.09. The van der Waals surface area contributed by atoms with Gasteiger partial charge in [-0.3, -0.25) is 0 Å². The molecule has 2 unspecified atom stereocenters. The van der Waals surface area contributed by atoms with Gasteiger partial charge in [-0.15, -0.1) is 0 Å². The third-order valence-corrected chi connectivity index (χ3v) is 2.92. The van der Waals surface area contributed by atoms with Gasteiger partial charge in [0.1, 0.15) is 5.75 Å². The van der Waals surface area contributed by atoms with Crippen LogP contribution in [0.15, 0.2) is 18.2 Å². The highest BCUT2D eigenvalue weighted by molar-refractivity contribution is 5.37. The lowest BCUT2D eigenvalue weighted by atomic mass is 9.97. The number of ether oxygens (including phenoxy) is 2. The maximum Gasteiger partial charge on any atom is 0.313 e. The molecule has 0 amide bonds. The van der Waals surface area contributed by atoms with Crippen LogP contribution in [0.2, 0.25) is 0 Å². The third kappa shape index (κ3) is 4.02. The molecular formula is C14H22O3. The molecule has 17 heavy (non-hydrogen) atoms. The summed E-state index contributed by atoms with van der Waals surface area (Å²) in [5.41, 5.74) is 2.31. The van der Waals surface area contributed by atoms with Crippen molar-refractivity contribution < 1.29 is 14.6 Å². The molecular weight excluding hydrogens is 216 g/mol. The first-order valence-electron chi connectivity index (χ1n) is 6.15. The molecule has 0 saturated carbocycles. The van der Waals surface area contributed by atoms with Crippen LogP contribution in [0.5, 0.6) is 5.75 Å². The largest absolute Gasteiger partial charge is 0.441 e. The van der Waals surface area contributed by atoms with E-state index in [4.69, 9.17) is 9.47 Å². The maximum absolute atomic E-state index is 9.41. The monoisotopic (exact) mass is 238 g/mol. The summed E-state index contributed by atoms with van der Waals surface area (Å²) in [6.07, 6.45) is 1.11. The van der Waals surface area contributed by atoms with Crippen LogP contribution in [-0.2, 0) is 4.74 Å². The number of rotatable bonds is 6. The number of aliphatic hydroxyl groups is 1. The van der Waals surface area contributed by atoms with E-state index in [1.807, 2.05) is 26.0 Å². The van der Waals surface area contributed by atoms with Crippen molar-refractivity contribution >= 4 is 0 Å². The number of aryl methyl sites for hydroxylation is 1. The summed E-state index contributed by atoms with van der Waals surface area (Å²) in [7, 11) is 0. The van der Waals surface area contributed by atoms with Crippen LogP contribution in [0.1, 0.15) is 44.2 Å². The van der Waals surface area contributed by atoms with Crippen LogP contribution >= 0.6 is 0 Å². The molecule has 0 aliphatic rings. The molecule has 0 saturated heterocycles. The van der Waals surface area contributed by atoms with Gasteiger partial charge in [0.05, 0.1) is 6.61 Å². The van der Waals surface area contributed by atoms with E-state index in [0.29, 0.717) is 18.3 Å². The molecule has 0 aliphatic carbocycles. The van der Waals surface area contributed by atoms with E-state index in [-0.39, 0.29) is 0 Å². The number of hydrogen-bond acceptors (Lipinski definition) is 3. The Balaban J connectivity index is 2.76. The summed E-state index contributed by atoms with van der Waals surface area (Å²) >= 11 is 0. The fourth-order valence-electron chi connectivity index (χ4n) is 1.63. The third-order valence-electron chi connectivity index (χ3n) is 2.92. The molecule has 1 rings (SSSR count). The maximum atomic E-state index is 9.41. The minimum absolute atomic E-state index is 0.422. The topological polar surface area (TPSA) is 38.7 Å². The van der Waals surface area contributed by atoms with Crippen LogP contribution in [-0.4, -0.2) is 18.2 Å². The van der Waals surface area contributed by atoms with E-state index in [1.54, 1.807) is 0 Å². The normalized spacial score (nSPS) is 14.4. The molecule has 0 fully saturated rings. The molecule has 2 atom stereocenters. The smallest absolute Gasteiger partial charge is 0.313 e. The zero-order valence-electron chi connectivity index (χ0n) is 11.1. The second-order valence-corrected chi connectivity index (χ2v) is 4.21. The van der Waals surface area contributed by atoms with Gasteiger partial charge in [0.2, 0.25) is 0 Å². The molecule has 0 aromatic heterocycles. The zero-order chi connectivity index (χ0) is 12.8. The molecule has 1 aromatic rings. The van der Waals surface area contributed by atoms with Crippen molar-refractivity contribution in [3.8, 4) is 5.75 Å². The first-order chi connectivity index (χ1) is 8.08. The molecule has 0 bridgehead atoms. The Morgan fingerprint density at radius 3 is 2.53 bits per heavy atom. The molecule has 0 spiro atoms. The van der Waals surface area contributed by atoms with E-state index in [2.05, 4.69) is 19.9 Å². The van der Waals surface area contributed by atoms with Crippen LogP contribution in [0.4, 0.5) is 0 Å². The van der Waals surface area contributed by atoms with E-state index in [1.165, 1.54) is 5.56 Å². The van der Waals surface area contributed by atoms with Gasteiger partial charge in [0.25, 0.3) is 0 Å². The molecule has 3 heteroatoms. The van der Waals surface area contributed by atoms with Crippen molar-refractivity contribution in [1.29, 1.82) is 0 Å². The van der Waals surface area contributed by atoms with E-state index in [9.17, 15) is 5.11 Å². The van der Waals surface area contributed by atoms with Crippen LogP contribution < -0.4 is 4.74 Å². The molecule has 0 heterocycles. The summed E-state index contributed by atoms with van der Waals surface area (Å²) in [5, 5.41) is 9.41. The lowest BCUT2D eigenvalue weighted by Crippen LogP contribution is -2.19. The van der Waals surface area contributed by atoms with Crippen molar-refractivity contribution in [3.63, 3.8) is 0 Å². The van der Waals surface area contributed by atoms with Gasteiger partial charge in [-0.05, 0) is 43.4 Å². The second-order valence-electron chi connectivity index (χ2n) is 4.21. The highest BCUT2D eigenvalue weighted by Crippen LogP contribution is 2.25. The summed E-state index contributed by atoms with van der Waals surface area (Å²) in [6.45, 7) is 7.39. The van der Waals surface area contributed by atoms with E-state index < -0.39 is 6.48 Å². The number of benzene rings is 1. The van der Waals surface area contributed by atoms with Crippen molar-refractivity contribution in [2.45, 2.75) is 46.5 Å². The van der Waals surface area contributed by atoms with Crippen LogP contribution in [0.3, 0.4) is 0 Å². The summed E-state index contributed by atoms with van der Waals surface area (Å²) < 4.78 is 10.2. The molecule has 96 valence electrons. The molecule has 0 aliphatic heterocycles. The average Bonchev–Trinajstić information content (AvgIpc) is 2.31. The van der Waals surface area contributed by atoms with Crippen molar-refractivity contribution in [3.05, 3.63) is 29.3 Å². The quantitative estimate of drug-likeness (QED) is 0.773. The Hall–Kier alpha value is -1.06. The first kappa shape index (κ1) is 14.0. The van der Waals surface area contributed by atoms with E-state index in [0.717, 1.165) is 12.0 Å². The predicted octanol–water partition coefficient (Wildman–Crippen LogP) is 3.20. The summed E-state index contributed by atoms with van der Waals surface area (Å²) in [6, 6.07) is 6.02. The zero-order valence-corrected chi connectivity index (χ0v) is 11.1. The first-order valence-corrected chi connectivity index (χ1v) is 6.15. The summed E-state index contributed by atoms with van der Waals surface area (Å²) in [4.78, 5) is 0. The molecule has 0 radical (unpaired) electrons. The van der Waals surface area contributed by atoms with Gasteiger partial charge < -0.3 is 14.6 Å². The number of aliphatic hydroxyl groups excluding tert-OH is 1. The van der Waals surface area contributed by atoms with Crippen LogP contribution in [0.25, 0.3) is 0 Å². The SMILES string of the molecule is CCOC(O)Oc1ccc(C(C)CC)cc1C. The van der Waals surface area contributed by atoms with Crippen LogP contribution in [0, 0.1) is 6.92 Å². The van der Waals surface area contributed by atoms with Gasteiger partial charge >= 0.3 is 6.48 Å². The molecule has 1 aromatic carbocycles. The Morgan fingerprint density at radius 1 is 1.29 bits per heavy atom. The van der Waals surface area contributed by atoms with Crippen molar-refractivity contribution in [2.24, 2.45) is 0 Å². The van der Waals surface area contributed by atoms with Gasteiger partial charge in [-0.2, -0.15) is 0 Å². The Kier molecular flexibility index (Phi) is 5.45. The highest BCUT2D eigenvalue weighted by atomic mass is 16.8. The van der Waals surface area contributed by atoms with E-state index >= 15 is 0 Å². The Labute approximate surface area is 103 Å². The Bertz CT molecular complexity index is 349.